The van der Waals surface area contributed by atoms with E-state index in [9.17, 15) is 4.79 Å². The van der Waals surface area contributed by atoms with E-state index in [1.807, 2.05) is 6.92 Å². The van der Waals surface area contributed by atoms with Crippen molar-refractivity contribution in [3.63, 3.8) is 0 Å². The Hall–Kier alpha value is -0.980. The lowest BCUT2D eigenvalue weighted by Crippen LogP contribution is -2.21. The van der Waals surface area contributed by atoms with Gasteiger partial charge in [-0.3, -0.25) is 9.78 Å². The Kier molecular flexibility index (Phi) is 3.81. The van der Waals surface area contributed by atoms with Gasteiger partial charge in [-0.1, -0.05) is 0 Å². The maximum Gasteiger partial charge on any atom is 0.251 e. The topological polar surface area (TPSA) is 59.0 Å². The predicted octanol–water partition coefficient (Wildman–Crippen LogP) is 0.404. The maximum atomic E-state index is 10.8. The molecule has 0 saturated heterocycles. The molecule has 0 spiro atoms. The van der Waals surface area contributed by atoms with E-state index in [0.29, 0.717) is 18.0 Å². The smallest absolute Gasteiger partial charge is 0.251 e. The molecule has 0 atom stereocenters. The summed E-state index contributed by atoms with van der Waals surface area (Å²) in [6.45, 7) is 2.87. The molecular formula is C7H11N3O2S. The number of rotatable bonds is 4. The Labute approximate surface area is 80.3 Å². The van der Waals surface area contributed by atoms with Crippen molar-refractivity contribution >= 4 is 12.2 Å². The van der Waals surface area contributed by atoms with Crippen LogP contribution in [0.2, 0.25) is 0 Å². The lowest BCUT2D eigenvalue weighted by molar-refractivity contribution is 0.0321. The SMILES string of the molecule is CCONCn1ccc(=O)[nH]c1=S. The monoisotopic (exact) mass is 201 g/mol. The van der Waals surface area contributed by atoms with Crippen molar-refractivity contribution in [3.8, 4) is 0 Å². The third kappa shape index (κ3) is 3.10. The van der Waals surface area contributed by atoms with E-state index in [-0.39, 0.29) is 5.56 Å². The van der Waals surface area contributed by atoms with Gasteiger partial charge < -0.3 is 9.40 Å². The number of aromatic amines is 1. The summed E-state index contributed by atoms with van der Waals surface area (Å²) in [6.07, 6.45) is 1.60. The molecule has 1 aromatic rings. The van der Waals surface area contributed by atoms with E-state index >= 15 is 0 Å². The number of H-pyrrole nitrogens is 1. The van der Waals surface area contributed by atoms with E-state index in [1.165, 1.54) is 6.07 Å². The standard InChI is InChI=1S/C7H11N3O2S/c1-2-12-8-5-10-4-3-6(11)9-7(10)13/h3-4,8H,2,5H2,1H3,(H,9,11,13). The van der Waals surface area contributed by atoms with Crippen molar-refractivity contribution in [2.24, 2.45) is 0 Å². The minimum absolute atomic E-state index is 0.197. The highest BCUT2D eigenvalue weighted by Crippen LogP contribution is 1.83. The van der Waals surface area contributed by atoms with Gasteiger partial charge in [0.05, 0.1) is 13.3 Å². The van der Waals surface area contributed by atoms with Crippen LogP contribution in [0.1, 0.15) is 6.92 Å². The molecule has 1 heterocycles. The van der Waals surface area contributed by atoms with Crippen LogP contribution in [-0.4, -0.2) is 16.2 Å². The molecule has 0 fully saturated rings. The van der Waals surface area contributed by atoms with Crippen molar-refractivity contribution in [1.82, 2.24) is 15.0 Å². The molecule has 72 valence electrons. The fraction of sp³-hybridized carbons (Fsp3) is 0.429. The number of hydrogen-bond acceptors (Lipinski definition) is 4. The fourth-order valence-corrected chi connectivity index (χ4v) is 1.01. The second-order valence-electron chi connectivity index (χ2n) is 2.32. The van der Waals surface area contributed by atoms with E-state index in [1.54, 1.807) is 10.8 Å². The first-order chi connectivity index (χ1) is 6.24. The Morgan fingerprint density at radius 2 is 2.54 bits per heavy atom. The normalized spacial score (nSPS) is 10.2. The third-order valence-electron chi connectivity index (χ3n) is 1.38. The van der Waals surface area contributed by atoms with Gasteiger partial charge in [0.25, 0.3) is 5.56 Å². The molecule has 0 unspecified atom stereocenters. The maximum absolute atomic E-state index is 10.8. The summed E-state index contributed by atoms with van der Waals surface area (Å²) in [6, 6.07) is 1.41. The van der Waals surface area contributed by atoms with Gasteiger partial charge in [0.15, 0.2) is 4.77 Å². The van der Waals surface area contributed by atoms with Crippen LogP contribution in [0.15, 0.2) is 17.1 Å². The molecule has 1 aromatic heterocycles. The van der Waals surface area contributed by atoms with Crippen LogP contribution in [0.25, 0.3) is 0 Å². The molecule has 5 nitrogen and oxygen atoms in total. The zero-order valence-electron chi connectivity index (χ0n) is 7.24. The van der Waals surface area contributed by atoms with E-state index in [0.717, 1.165) is 0 Å². The van der Waals surface area contributed by atoms with Crippen LogP contribution < -0.4 is 11.0 Å². The lowest BCUT2D eigenvalue weighted by Gasteiger charge is -2.06. The number of nitrogens with one attached hydrogen (secondary N) is 2. The van der Waals surface area contributed by atoms with Gasteiger partial charge >= 0.3 is 0 Å². The van der Waals surface area contributed by atoms with Gasteiger partial charge in [-0.25, -0.2) is 0 Å². The molecule has 1 rings (SSSR count). The molecule has 0 aliphatic heterocycles. The summed E-state index contributed by atoms with van der Waals surface area (Å²) in [4.78, 5) is 18.2. The largest absolute Gasteiger partial charge is 0.310 e. The number of nitrogens with zero attached hydrogens (tertiary/aromatic N) is 1. The molecular weight excluding hydrogens is 190 g/mol. The highest BCUT2D eigenvalue weighted by molar-refractivity contribution is 7.71. The van der Waals surface area contributed by atoms with Gasteiger partial charge in [-0.2, -0.15) is 5.48 Å². The molecule has 0 aliphatic carbocycles. The second-order valence-corrected chi connectivity index (χ2v) is 2.70. The first kappa shape index (κ1) is 10.1. The molecule has 0 aliphatic rings. The van der Waals surface area contributed by atoms with Crippen LogP contribution in [0.4, 0.5) is 0 Å². The highest BCUT2D eigenvalue weighted by Gasteiger charge is 1.91. The third-order valence-corrected chi connectivity index (χ3v) is 1.71. The van der Waals surface area contributed by atoms with Crippen molar-refractivity contribution < 1.29 is 4.84 Å². The van der Waals surface area contributed by atoms with Gasteiger partial charge in [-0.05, 0) is 19.1 Å². The highest BCUT2D eigenvalue weighted by atomic mass is 32.1. The Bertz CT molecular complexity index is 370. The van der Waals surface area contributed by atoms with Crippen LogP contribution in [-0.2, 0) is 11.5 Å². The molecule has 0 radical (unpaired) electrons. The van der Waals surface area contributed by atoms with Crippen molar-refractivity contribution in [3.05, 3.63) is 27.4 Å². The number of aromatic nitrogens is 2. The van der Waals surface area contributed by atoms with Gasteiger partial charge in [0.1, 0.15) is 0 Å². The number of hydrogen-bond donors (Lipinski definition) is 2. The summed E-state index contributed by atoms with van der Waals surface area (Å²) in [5.74, 6) is 0. The lowest BCUT2D eigenvalue weighted by atomic mass is 10.6. The van der Waals surface area contributed by atoms with Gasteiger partial charge in [0, 0.05) is 12.3 Å². The molecule has 0 bridgehead atoms. The first-order valence-electron chi connectivity index (χ1n) is 3.88. The van der Waals surface area contributed by atoms with Crippen molar-refractivity contribution in [1.29, 1.82) is 0 Å². The summed E-state index contributed by atoms with van der Waals surface area (Å²) >= 11 is 4.90. The quantitative estimate of drug-likeness (QED) is 0.421. The molecule has 13 heavy (non-hydrogen) atoms. The predicted molar refractivity (Wildman–Crippen MR) is 50.6 cm³/mol. The molecule has 6 heteroatoms. The summed E-state index contributed by atoms with van der Waals surface area (Å²) in [5.41, 5.74) is 2.49. The van der Waals surface area contributed by atoms with Crippen LogP contribution in [0, 0.1) is 4.77 Å². The molecule has 0 amide bonds. The van der Waals surface area contributed by atoms with Crippen LogP contribution in [0.3, 0.4) is 0 Å². The summed E-state index contributed by atoms with van der Waals surface area (Å²) in [7, 11) is 0. The minimum atomic E-state index is -0.197. The van der Waals surface area contributed by atoms with Crippen LogP contribution >= 0.6 is 12.2 Å². The Morgan fingerprint density at radius 3 is 3.15 bits per heavy atom. The first-order valence-corrected chi connectivity index (χ1v) is 4.29. The van der Waals surface area contributed by atoms with Gasteiger partial charge in [-0.15, -0.1) is 0 Å². The summed E-state index contributed by atoms with van der Waals surface area (Å²) in [5, 5.41) is 0. The van der Waals surface area contributed by atoms with Crippen LogP contribution in [0.5, 0.6) is 0 Å². The molecule has 0 saturated carbocycles. The van der Waals surface area contributed by atoms with Crippen molar-refractivity contribution in [2.45, 2.75) is 13.6 Å². The zero-order chi connectivity index (χ0) is 9.68. The van der Waals surface area contributed by atoms with Crippen molar-refractivity contribution in [2.75, 3.05) is 6.61 Å². The average Bonchev–Trinajstić information content (AvgIpc) is 2.09. The Balaban J connectivity index is 2.67. The number of hydroxylamine groups is 1. The van der Waals surface area contributed by atoms with Gasteiger partial charge in [0.2, 0.25) is 0 Å². The Morgan fingerprint density at radius 1 is 1.77 bits per heavy atom. The van der Waals surface area contributed by atoms with E-state index < -0.39 is 0 Å². The minimum Gasteiger partial charge on any atom is -0.310 e. The second kappa shape index (κ2) is 4.90. The molecule has 2 N–H and O–H groups in total. The fourth-order valence-electron chi connectivity index (χ4n) is 0.786. The zero-order valence-corrected chi connectivity index (χ0v) is 8.06. The summed E-state index contributed by atoms with van der Waals surface area (Å²) < 4.78 is 2.03. The average molecular weight is 201 g/mol. The molecule has 0 aromatic carbocycles. The van der Waals surface area contributed by atoms with E-state index in [2.05, 4.69) is 10.5 Å². The van der Waals surface area contributed by atoms with E-state index in [4.69, 9.17) is 17.1 Å².